The summed E-state index contributed by atoms with van der Waals surface area (Å²) in [7, 11) is -16.8. The third-order valence-electron chi connectivity index (χ3n) is 18.6. The number of carbonyl (C=O) groups excluding carboxylic acids is 5. The van der Waals surface area contributed by atoms with Gasteiger partial charge in [0.05, 0.1) is 102 Å². The van der Waals surface area contributed by atoms with E-state index in [9.17, 15) is 80.7 Å². The largest absolute Gasteiger partial charge is 1.00 e. The molecule has 684 valence electrons. The van der Waals surface area contributed by atoms with E-state index in [4.69, 9.17) is 52.1 Å². The number of rotatable bonds is 52. The van der Waals surface area contributed by atoms with Crippen molar-refractivity contribution in [3.05, 3.63) is 69.3 Å². The van der Waals surface area contributed by atoms with Crippen LogP contribution in [0.4, 0.5) is 26.3 Å². The molecule has 0 N–H and O–H groups in total. The van der Waals surface area contributed by atoms with Crippen molar-refractivity contribution in [1.82, 2.24) is 0 Å². The molecule has 0 saturated carbocycles. The average molecular weight is 1810 g/mol. The summed E-state index contributed by atoms with van der Waals surface area (Å²) in [6, 6.07) is 10.6. The molecule has 2 fully saturated rings. The minimum absolute atomic E-state index is 0. The van der Waals surface area contributed by atoms with Crippen LogP contribution in [0.5, 0.6) is 0 Å². The van der Waals surface area contributed by atoms with Gasteiger partial charge >= 0.3 is 132 Å². The first-order valence-corrected chi connectivity index (χ1v) is 45.7. The van der Waals surface area contributed by atoms with Crippen LogP contribution in [0.15, 0.2) is 57.8 Å². The number of hydrogen-bond donors (Lipinski definition) is 0. The molecule has 2 aromatic rings. The fourth-order valence-electron chi connectivity index (χ4n) is 8.56. The molecule has 0 spiro atoms. The Morgan fingerprint density at radius 3 is 1.11 bits per heavy atom. The summed E-state index contributed by atoms with van der Waals surface area (Å²) in [6.45, 7) is 43.7. The van der Waals surface area contributed by atoms with E-state index in [2.05, 4.69) is 18.2 Å². The molecule has 8 atom stereocenters. The molecule has 0 radical (unpaired) electrons. The molecular formula is C83H142F6KN2NaO23S3. The van der Waals surface area contributed by atoms with Gasteiger partial charge in [0.15, 0.2) is 10.0 Å². The first-order chi connectivity index (χ1) is 54.9. The van der Waals surface area contributed by atoms with Gasteiger partial charge in [-0.2, -0.15) is 39.2 Å². The average Bonchev–Trinajstić information content (AvgIpc) is 1.76. The zero-order valence-corrected chi connectivity index (χ0v) is 82.5. The second-order valence-electron chi connectivity index (χ2n) is 29.0. The third kappa shape index (κ3) is 63.6. The van der Waals surface area contributed by atoms with Crippen LogP contribution in [-0.2, 0) is 106 Å². The Morgan fingerprint density at radius 2 is 0.782 bits per heavy atom. The maximum Gasteiger partial charge on any atom is 1.00 e. The fourth-order valence-corrected chi connectivity index (χ4v) is 11.2. The van der Waals surface area contributed by atoms with Crippen molar-refractivity contribution in [2.75, 3.05) is 99.1 Å². The Morgan fingerprint density at radius 1 is 0.454 bits per heavy atom. The van der Waals surface area contributed by atoms with E-state index in [1.165, 1.54) is 101 Å². The number of esters is 5. The van der Waals surface area contributed by atoms with Gasteiger partial charge in [-0.25, -0.2) is 16.8 Å². The SMILES string of the molecule is CCC(C)(C)C(=O)OCC1CO1.CCC(C)C(=O)OCCOCCOCC1CO1.CCC(C)c1ccc(C([O-])=NS(=O)(=O)C(F)(F)F)cc1.CCC(C)c1ccc(S(=O)(=O)[N-]S(=O)(=O)C(F)(F)F)cc1.CCCCCCCCCOC(=O)C(C)CC.CCCCCCCCCOC(=O)C(C)CC.CCOCCOCCOC(=O)C(C)CC.[K+].[Na+]. The first kappa shape index (κ1) is 125. The van der Waals surface area contributed by atoms with Crippen molar-refractivity contribution >= 4 is 65.8 Å². The van der Waals surface area contributed by atoms with Gasteiger partial charge < -0.3 is 61.3 Å². The molecule has 0 aliphatic carbocycles. The Balaban J connectivity index is -0.000000426. The van der Waals surface area contributed by atoms with Crippen LogP contribution in [0, 0.1) is 29.1 Å². The number of carbonyl (C=O) groups is 5. The van der Waals surface area contributed by atoms with Crippen molar-refractivity contribution in [1.29, 1.82) is 0 Å². The van der Waals surface area contributed by atoms with Gasteiger partial charge in [-0.1, -0.05) is 217 Å². The van der Waals surface area contributed by atoms with Crippen LogP contribution < -0.4 is 86.0 Å². The predicted octanol–water partition coefficient (Wildman–Crippen LogP) is 11.9. The molecule has 25 nitrogen and oxygen atoms in total. The number of ether oxygens (including phenoxy) is 11. The number of nitrogens with zero attached hydrogens (tertiary/aromatic N) is 2. The zero-order chi connectivity index (χ0) is 89.7. The summed E-state index contributed by atoms with van der Waals surface area (Å²) < 4.78 is 199. The number of epoxide rings is 2. The number of halogens is 6. The molecule has 2 saturated heterocycles. The Bertz CT molecular complexity index is 3280. The topological polar surface area (TPSA) is 345 Å². The molecule has 2 heterocycles. The maximum absolute atomic E-state index is 12.1. The van der Waals surface area contributed by atoms with Gasteiger partial charge in [0.25, 0.3) is 0 Å². The van der Waals surface area contributed by atoms with Crippen LogP contribution >= 0.6 is 0 Å². The van der Waals surface area contributed by atoms with Gasteiger partial charge in [-0.15, -0.1) is 0 Å². The molecule has 2 aliphatic rings. The molecule has 8 unspecified atom stereocenters. The number of unbranched alkanes of at least 4 members (excludes halogenated alkanes) is 12. The van der Waals surface area contributed by atoms with E-state index in [1.54, 1.807) is 12.1 Å². The van der Waals surface area contributed by atoms with Gasteiger partial charge in [0.1, 0.15) is 42.1 Å². The maximum atomic E-state index is 12.1. The summed E-state index contributed by atoms with van der Waals surface area (Å²) in [5.74, 6) is -1.49. The molecule has 2 aliphatic heterocycles. The van der Waals surface area contributed by atoms with Gasteiger partial charge in [-0.05, 0) is 119 Å². The van der Waals surface area contributed by atoms with Gasteiger partial charge in [-0.3, -0.25) is 24.0 Å². The van der Waals surface area contributed by atoms with E-state index >= 15 is 0 Å². The van der Waals surface area contributed by atoms with Gasteiger partial charge in [0.2, 0.25) is 0 Å². The number of benzene rings is 2. The summed E-state index contributed by atoms with van der Waals surface area (Å²) in [4.78, 5) is 55.9. The number of alkyl halides is 6. The summed E-state index contributed by atoms with van der Waals surface area (Å²) in [6.07, 6.45) is 23.9. The zero-order valence-electron chi connectivity index (χ0n) is 75.0. The van der Waals surface area contributed by atoms with Crippen molar-refractivity contribution < 1.29 is 214 Å². The Hall–Kier alpha value is -2.95. The van der Waals surface area contributed by atoms with Crippen LogP contribution in [0.2, 0.25) is 0 Å². The van der Waals surface area contributed by atoms with Crippen LogP contribution in [-0.4, -0.2) is 183 Å². The predicted molar refractivity (Wildman–Crippen MR) is 438 cm³/mol. The second-order valence-corrected chi connectivity index (χ2v) is 34.0. The van der Waals surface area contributed by atoms with Crippen molar-refractivity contribution in [2.24, 2.45) is 33.5 Å². The van der Waals surface area contributed by atoms with Crippen LogP contribution in [0.1, 0.15) is 288 Å². The van der Waals surface area contributed by atoms with Gasteiger partial charge in [0, 0.05) is 17.4 Å². The standard InChI is InChI=1S/2C14H28O2.C12H14F3NO3S.C12H22O5.C11H13F3NO4S2.C11H22O4.C9H16O3.K.Na/c2*1-4-6-7-8-9-10-11-12-16-14(15)13(3)5-2;1-3-8(2)9-4-6-10(7-5-9)11(17)16-20(18,19)12(13,14)15;1-3-10(2)12(13)16-7-6-14-4-5-15-8-11-9-17-11;1-3-8(2)9-4-6-10(7-5-9)20(16,17)15-21(18,19)11(12,13)14;1-4-10(3)11(12)15-9-8-14-7-6-13-5-2;1-4-9(2,3)8(10)12-6-7-5-11-7;;/h2*13H,4-12H2,1-3H3;4-8H,3H2,1-2H3,(H,16,17);10-11H,3-9H2,1-2H3;4-8H,3H2,1-2H3;10H,4-9H2,1-3H3;7H,4-6H2,1-3H3;;/q;;;;-1;;;2*+1/p-1. The second kappa shape index (κ2) is 72.1. The first-order valence-electron chi connectivity index (χ1n) is 41.4. The van der Waals surface area contributed by atoms with Crippen molar-refractivity contribution in [3.63, 3.8) is 0 Å². The summed E-state index contributed by atoms with van der Waals surface area (Å²) in [5, 5.41) is 11.4. The minimum atomic E-state index is -6.10. The molecule has 0 amide bonds. The van der Waals surface area contributed by atoms with E-state index < -0.39 is 51.9 Å². The molecular weight excluding hydrogens is 1670 g/mol. The van der Waals surface area contributed by atoms with Crippen LogP contribution in [0.3, 0.4) is 0 Å². The Kier molecular flexibility index (Phi) is 75.5. The van der Waals surface area contributed by atoms with E-state index in [0.29, 0.717) is 92.0 Å². The van der Waals surface area contributed by atoms with E-state index in [0.717, 1.165) is 94.3 Å². The van der Waals surface area contributed by atoms with Crippen LogP contribution in [0.25, 0.3) is 4.13 Å². The third-order valence-corrected chi connectivity index (χ3v) is 22.6. The van der Waals surface area contributed by atoms with Crippen molar-refractivity contribution in [2.45, 2.75) is 299 Å². The minimum Gasteiger partial charge on any atom is -0.858 e. The van der Waals surface area contributed by atoms with E-state index in [1.807, 2.05) is 115 Å². The number of sulfonamides is 3. The monoisotopic (exact) mass is 1810 g/mol. The van der Waals surface area contributed by atoms with E-state index in [-0.39, 0.29) is 163 Å². The fraction of sp³-hybridized carbons (Fsp3) is 0.783. The Labute approximate surface area is 773 Å². The summed E-state index contributed by atoms with van der Waals surface area (Å²) in [5.41, 5.74) is -10.2. The molecule has 36 heteroatoms. The molecule has 2 aromatic carbocycles. The molecule has 119 heavy (non-hydrogen) atoms. The normalized spacial score (nSPS) is 15.2. The summed E-state index contributed by atoms with van der Waals surface area (Å²) >= 11 is 0. The molecule has 0 bridgehead atoms. The smallest absolute Gasteiger partial charge is 0.858 e. The molecule has 0 aromatic heterocycles. The van der Waals surface area contributed by atoms with Crippen molar-refractivity contribution in [3.8, 4) is 0 Å². The molecule has 4 rings (SSSR count). The number of hydrogen-bond acceptors (Lipinski definition) is 23. The quantitative estimate of drug-likeness (QED) is 0.00867.